The van der Waals surface area contributed by atoms with Gasteiger partial charge in [-0.3, -0.25) is 4.68 Å². The van der Waals surface area contributed by atoms with E-state index < -0.39 is 0 Å². The molecule has 0 unspecified atom stereocenters. The number of halogens is 1. The zero-order valence-corrected chi connectivity index (χ0v) is 11.0. The number of aromatic nitrogens is 4. The van der Waals surface area contributed by atoms with Gasteiger partial charge in [0.2, 0.25) is 0 Å². The first-order valence-electron chi connectivity index (χ1n) is 5.65. The first-order valence-corrected chi connectivity index (χ1v) is 6.02. The van der Waals surface area contributed by atoms with Crippen LogP contribution in [0.25, 0.3) is 11.4 Å². The summed E-state index contributed by atoms with van der Waals surface area (Å²) < 4.78 is 1.75. The molecule has 0 atom stereocenters. The minimum atomic E-state index is 0.518. The Morgan fingerprint density at radius 1 is 1.35 bits per heavy atom. The molecule has 0 aliphatic rings. The van der Waals surface area contributed by atoms with Gasteiger partial charge in [0, 0.05) is 25.2 Å². The molecule has 0 radical (unpaired) electrons. The van der Waals surface area contributed by atoms with Gasteiger partial charge in [-0.2, -0.15) is 5.10 Å². The van der Waals surface area contributed by atoms with Crippen molar-refractivity contribution in [2.24, 2.45) is 7.05 Å². The van der Waals surface area contributed by atoms with Gasteiger partial charge in [-0.15, -0.1) is 0 Å². The highest BCUT2D eigenvalue weighted by Crippen LogP contribution is 2.24. The lowest BCUT2D eigenvalue weighted by Crippen LogP contribution is -2.01. The standard InChI is InChI=1S/C12H15ClN4/c1-4-5-10-14-11(8(2)12(13)15-10)9-6-7-17(3)16-9/h6-7H,4-5H2,1-3H3. The second-order valence-electron chi connectivity index (χ2n) is 4.03. The molecule has 2 aromatic rings. The fraction of sp³-hybridized carbons (Fsp3) is 0.417. The van der Waals surface area contributed by atoms with Crippen LogP contribution in [0.2, 0.25) is 5.15 Å². The van der Waals surface area contributed by atoms with Gasteiger partial charge in [0.15, 0.2) is 0 Å². The summed E-state index contributed by atoms with van der Waals surface area (Å²) in [6, 6.07) is 1.93. The highest BCUT2D eigenvalue weighted by Gasteiger charge is 2.12. The Hall–Kier alpha value is -1.42. The van der Waals surface area contributed by atoms with E-state index in [9.17, 15) is 0 Å². The maximum atomic E-state index is 6.13. The fourth-order valence-corrected chi connectivity index (χ4v) is 1.85. The highest BCUT2D eigenvalue weighted by molar-refractivity contribution is 6.30. The van der Waals surface area contributed by atoms with Gasteiger partial charge in [0.1, 0.15) is 16.7 Å². The molecule has 4 nitrogen and oxygen atoms in total. The van der Waals surface area contributed by atoms with Crippen molar-refractivity contribution in [1.82, 2.24) is 19.7 Å². The second kappa shape index (κ2) is 4.84. The second-order valence-corrected chi connectivity index (χ2v) is 4.39. The van der Waals surface area contributed by atoms with Crippen LogP contribution in [0.3, 0.4) is 0 Å². The molecule has 0 N–H and O–H groups in total. The van der Waals surface area contributed by atoms with E-state index in [1.807, 2.05) is 26.2 Å². The molecule has 0 spiro atoms. The predicted octanol–water partition coefficient (Wildman–Crippen LogP) is 2.79. The lowest BCUT2D eigenvalue weighted by atomic mass is 10.2. The number of rotatable bonds is 3. The van der Waals surface area contributed by atoms with Crippen LogP contribution in [0.15, 0.2) is 12.3 Å². The third-order valence-electron chi connectivity index (χ3n) is 2.56. The van der Waals surface area contributed by atoms with E-state index in [-0.39, 0.29) is 0 Å². The van der Waals surface area contributed by atoms with Gasteiger partial charge in [0.25, 0.3) is 0 Å². The van der Waals surface area contributed by atoms with Crippen molar-refractivity contribution in [3.8, 4) is 11.4 Å². The maximum Gasteiger partial charge on any atom is 0.136 e. The topological polar surface area (TPSA) is 43.6 Å². The van der Waals surface area contributed by atoms with E-state index in [0.717, 1.165) is 35.6 Å². The van der Waals surface area contributed by atoms with Gasteiger partial charge in [-0.25, -0.2) is 9.97 Å². The summed E-state index contributed by atoms with van der Waals surface area (Å²) in [5.74, 6) is 0.781. The normalized spacial score (nSPS) is 10.8. The van der Waals surface area contributed by atoms with Gasteiger partial charge < -0.3 is 0 Å². The number of aryl methyl sites for hydroxylation is 2. The zero-order valence-electron chi connectivity index (χ0n) is 10.2. The lowest BCUT2D eigenvalue weighted by Gasteiger charge is -2.06. The van der Waals surface area contributed by atoms with Crippen molar-refractivity contribution >= 4 is 11.6 Å². The third kappa shape index (κ3) is 2.47. The van der Waals surface area contributed by atoms with Crippen LogP contribution in [0, 0.1) is 6.92 Å². The molecule has 5 heteroatoms. The zero-order chi connectivity index (χ0) is 12.4. The molecular formula is C12H15ClN4. The monoisotopic (exact) mass is 250 g/mol. The van der Waals surface area contributed by atoms with Crippen LogP contribution >= 0.6 is 11.6 Å². The average molecular weight is 251 g/mol. The number of hydrogen-bond donors (Lipinski definition) is 0. The summed E-state index contributed by atoms with van der Waals surface area (Å²) in [5.41, 5.74) is 2.55. The van der Waals surface area contributed by atoms with E-state index in [0.29, 0.717) is 5.15 Å². The molecule has 2 rings (SSSR count). The molecule has 0 saturated heterocycles. The van der Waals surface area contributed by atoms with Crippen molar-refractivity contribution in [2.45, 2.75) is 26.7 Å². The molecule has 2 heterocycles. The van der Waals surface area contributed by atoms with Crippen molar-refractivity contribution in [1.29, 1.82) is 0 Å². The van der Waals surface area contributed by atoms with Crippen molar-refractivity contribution in [2.75, 3.05) is 0 Å². The summed E-state index contributed by atoms with van der Waals surface area (Å²) in [5, 5.41) is 4.87. The summed E-state index contributed by atoms with van der Waals surface area (Å²) in [6.45, 7) is 4.01. The van der Waals surface area contributed by atoms with Crippen molar-refractivity contribution in [3.63, 3.8) is 0 Å². The first-order chi connectivity index (χ1) is 8.11. The Kier molecular flexibility index (Phi) is 3.43. The number of hydrogen-bond acceptors (Lipinski definition) is 3. The Morgan fingerprint density at radius 3 is 2.71 bits per heavy atom. The summed E-state index contributed by atoms with van der Waals surface area (Å²) in [6.07, 6.45) is 3.73. The van der Waals surface area contributed by atoms with Crippen LogP contribution in [0.4, 0.5) is 0 Å². The molecule has 0 aliphatic carbocycles. The van der Waals surface area contributed by atoms with Crippen LogP contribution in [0.5, 0.6) is 0 Å². The predicted molar refractivity (Wildman–Crippen MR) is 68.0 cm³/mol. The van der Waals surface area contributed by atoms with Crippen LogP contribution < -0.4 is 0 Å². The van der Waals surface area contributed by atoms with Gasteiger partial charge in [-0.05, 0) is 19.4 Å². The molecule has 0 bridgehead atoms. The smallest absolute Gasteiger partial charge is 0.136 e. The van der Waals surface area contributed by atoms with Crippen LogP contribution in [-0.2, 0) is 13.5 Å². The van der Waals surface area contributed by atoms with E-state index in [1.54, 1.807) is 4.68 Å². The van der Waals surface area contributed by atoms with Crippen LogP contribution in [0.1, 0.15) is 24.7 Å². The Balaban J connectivity index is 2.52. The van der Waals surface area contributed by atoms with Crippen molar-refractivity contribution < 1.29 is 0 Å². The summed E-state index contributed by atoms with van der Waals surface area (Å²) in [4.78, 5) is 8.81. The highest BCUT2D eigenvalue weighted by atomic mass is 35.5. The largest absolute Gasteiger partial charge is 0.275 e. The molecule has 0 aromatic carbocycles. The van der Waals surface area contributed by atoms with Gasteiger partial charge >= 0.3 is 0 Å². The summed E-state index contributed by atoms with van der Waals surface area (Å²) in [7, 11) is 1.88. The molecule has 0 aliphatic heterocycles. The molecule has 0 fully saturated rings. The molecule has 17 heavy (non-hydrogen) atoms. The molecular weight excluding hydrogens is 236 g/mol. The third-order valence-corrected chi connectivity index (χ3v) is 2.93. The minimum absolute atomic E-state index is 0.518. The van der Waals surface area contributed by atoms with Gasteiger partial charge in [-0.1, -0.05) is 18.5 Å². The van der Waals surface area contributed by atoms with E-state index in [4.69, 9.17) is 11.6 Å². The molecule has 90 valence electrons. The number of nitrogens with zero attached hydrogens (tertiary/aromatic N) is 4. The van der Waals surface area contributed by atoms with E-state index in [2.05, 4.69) is 22.0 Å². The molecule has 0 amide bonds. The fourth-order valence-electron chi connectivity index (χ4n) is 1.66. The minimum Gasteiger partial charge on any atom is -0.275 e. The summed E-state index contributed by atoms with van der Waals surface area (Å²) >= 11 is 6.13. The van der Waals surface area contributed by atoms with Crippen LogP contribution in [-0.4, -0.2) is 19.7 Å². The van der Waals surface area contributed by atoms with Gasteiger partial charge in [0.05, 0.1) is 5.69 Å². The molecule has 0 saturated carbocycles. The van der Waals surface area contributed by atoms with Crippen molar-refractivity contribution in [3.05, 3.63) is 28.8 Å². The first kappa shape index (κ1) is 12.0. The maximum absolute atomic E-state index is 6.13. The van der Waals surface area contributed by atoms with E-state index >= 15 is 0 Å². The Morgan fingerprint density at radius 2 is 2.12 bits per heavy atom. The lowest BCUT2D eigenvalue weighted by molar-refractivity contribution is 0.767. The SMILES string of the molecule is CCCc1nc(Cl)c(C)c(-c2ccn(C)n2)n1. The molecule has 2 aromatic heterocycles. The Labute approximate surface area is 106 Å². The average Bonchev–Trinajstić information content (AvgIpc) is 2.70. The Bertz CT molecular complexity index is 533. The quantitative estimate of drug-likeness (QED) is 0.787. The van der Waals surface area contributed by atoms with E-state index in [1.165, 1.54) is 0 Å².